The van der Waals surface area contributed by atoms with Crippen LogP contribution < -0.4 is 15.4 Å². The van der Waals surface area contributed by atoms with Crippen LogP contribution in [0.5, 0.6) is 5.75 Å². The third-order valence-corrected chi connectivity index (χ3v) is 2.36. The second-order valence-electron chi connectivity index (χ2n) is 4.76. The van der Waals surface area contributed by atoms with E-state index in [1.807, 2.05) is 37.3 Å². The highest BCUT2D eigenvalue weighted by Gasteiger charge is 2.04. The van der Waals surface area contributed by atoms with Crippen molar-refractivity contribution in [3.63, 3.8) is 0 Å². The molecule has 0 aliphatic heterocycles. The second kappa shape index (κ2) is 10.8. The SMILES string of the molecule is CCNC(=NCC(C)Oc1ccccc1)NC(C)C.I. The lowest BCUT2D eigenvalue weighted by Gasteiger charge is -2.16. The summed E-state index contributed by atoms with van der Waals surface area (Å²) in [5.74, 6) is 1.72. The maximum absolute atomic E-state index is 5.79. The number of ether oxygens (including phenoxy) is 1. The van der Waals surface area contributed by atoms with Crippen molar-refractivity contribution in [1.29, 1.82) is 0 Å². The molecule has 2 N–H and O–H groups in total. The normalized spacial score (nSPS) is 12.6. The van der Waals surface area contributed by atoms with Gasteiger partial charge < -0.3 is 15.4 Å². The van der Waals surface area contributed by atoms with Crippen molar-refractivity contribution in [3.05, 3.63) is 30.3 Å². The molecule has 0 spiro atoms. The number of hydrogen-bond acceptors (Lipinski definition) is 2. The molecule has 0 saturated heterocycles. The zero-order valence-electron chi connectivity index (χ0n) is 12.7. The average molecular weight is 391 g/mol. The molecule has 5 heteroatoms. The van der Waals surface area contributed by atoms with E-state index >= 15 is 0 Å². The predicted molar refractivity (Wildman–Crippen MR) is 96.2 cm³/mol. The Kier molecular flexibility index (Phi) is 10.2. The summed E-state index contributed by atoms with van der Waals surface area (Å²) in [6, 6.07) is 10.2. The van der Waals surface area contributed by atoms with Crippen molar-refractivity contribution in [2.24, 2.45) is 4.99 Å². The van der Waals surface area contributed by atoms with Crippen molar-refractivity contribution >= 4 is 29.9 Å². The second-order valence-corrected chi connectivity index (χ2v) is 4.76. The minimum atomic E-state index is 0. The monoisotopic (exact) mass is 391 g/mol. The van der Waals surface area contributed by atoms with Crippen LogP contribution in [-0.2, 0) is 0 Å². The highest BCUT2D eigenvalue weighted by atomic mass is 127. The number of hydrogen-bond donors (Lipinski definition) is 2. The van der Waals surface area contributed by atoms with Crippen LogP contribution in [0.25, 0.3) is 0 Å². The lowest BCUT2D eigenvalue weighted by atomic mass is 10.3. The molecule has 0 aliphatic rings. The third kappa shape index (κ3) is 8.24. The first-order valence-electron chi connectivity index (χ1n) is 6.88. The van der Waals surface area contributed by atoms with Gasteiger partial charge in [-0.2, -0.15) is 0 Å². The van der Waals surface area contributed by atoms with Gasteiger partial charge in [-0.25, -0.2) is 4.99 Å². The molecule has 0 heterocycles. The molecular formula is C15H26IN3O. The number of benzene rings is 1. The predicted octanol–water partition coefficient (Wildman–Crippen LogP) is 3.04. The van der Waals surface area contributed by atoms with Crippen molar-refractivity contribution in [2.75, 3.05) is 13.1 Å². The van der Waals surface area contributed by atoms with Gasteiger partial charge in [0.25, 0.3) is 0 Å². The van der Waals surface area contributed by atoms with Crippen LogP contribution in [0.4, 0.5) is 0 Å². The zero-order chi connectivity index (χ0) is 14.1. The summed E-state index contributed by atoms with van der Waals surface area (Å²) in [4.78, 5) is 4.52. The van der Waals surface area contributed by atoms with Crippen molar-refractivity contribution in [1.82, 2.24) is 10.6 Å². The molecule has 0 bridgehead atoms. The number of nitrogens with one attached hydrogen (secondary N) is 2. The number of aliphatic imine (C=N–C) groups is 1. The van der Waals surface area contributed by atoms with Gasteiger partial charge in [-0.15, -0.1) is 24.0 Å². The van der Waals surface area contributed by atoms with Crippen LogP contribution in [-0.4, -0.2) is 31.2 Å². The fourth-order valence-corrected chi connectivity index (χ4v) is 1.58. The zero-order valence-corrected chi connectivity index (χ0v) is 15.0. The maximum Gasteiger partial charge on any atom is 0.191 e. The van der Waals surface area contributed by atoms with Gasteiger partial charge in [0.15, 0.2) is 5.96 Å². The van der Waals surface area contributed by atoms with Gasteiger partial charge in [0.05, 0.1) is 6.54 Å². The molecular weight excluding hydrogens is 365 g/mol. The molecule has 1 rings (SSSR count). The molecule has 0 saturated carbocycles. The van der Waals surface area contributed by atoms with E-state index < -0.39 is 0 Å². The number of guanidine groups is 1. The Morgan fingerprint density at radius 1 is 1.20 bits per heavy atom. The maximum atomic E-state index is 5.79. The Morgan fingerprint density at radius 2 is 1.85 bits per heavy atom. The quantitative estimate of drug-likeness (QED) is 0.445. The Balaban J connectivity index is 0.00000361. The molecule has 114 valence electrons. The molecule has 0 aliphatic carbocycles. The summed E-state index contributed by atoms with van der Waals surface area (Å²) in [6.45, 7) is 9.74. The molecule has 0 amide bonds. The van der Waals surface area contributed by atoms with Crippen LogP contribution >= 0.6 is 24.0 Å². The third-order valence-electron chi connectivity index (χ3n) is 2.36. The van der Waals surface area contributed by atoms with Gasteiger partial charge >= 0.3 is 0 Å². The number of nitrogens with zero attached hydrogens (tertiary/aromatic N) is 1. The lowest BCUT2D eigenvalue weighted by molar-refractivity contribution is 0.230. The lowest BCUT2D eigenvalue weighted by Crippen LogP contribution is -2.41. The summed E-state index contributed by atoms with van der Waals surface area (Å²) in [5, 5.41) is 6.50. The van der Waals surface area contributed by atoms with Gasteiger partial charge in [-0.1, -0.05) is 18.2 Å². The van der Waals surface area contributed by atoms with Crippen LogP contribution in [0.3, 0.4) is 0 Å². The molecule has 0 fully saturated rings. The van der Waals surface area contributed by atoms with Crippen LogP contribution in [0.2, 0.25) is 0 Å². The van der Waals surface area contributed by atoms with E-state index in [-0.39, 0.29) is 30.1 Å². The molecule has 20 heavy (non-hydrogen) atoms. The fourth-order valence-electron chi connectivity index (χ4n) is 1.58. The Bertz CT molecular complexity index is 382. The van der Waals surface area contributed by atoms with Gasteiger partial charge in [-0.3, -0.25) is 0 Å². The van der Waals surface area contributed by atoms with Crippen molar-refractivity contribution in [2.45, 2.75) is 39.8 Å². The van der Waals surface area contributed by atoms with E-state index in [9.17, 15) is 0 Å². The molecule has 1 aromatic carbocycles. The van der Waals surface area contributed by atoms with E-state index in [4.69, 9.17) is 4.74 Å². The van der Waals surface area contributed by atoms with Gasteiger partial charge in [0.1, 0.15) is 11.9 Å². The summed E-state index contributed by atoms with van der Waals surface area (Å²) in [6.07, 6.45) is 0.0463. The van der Waals surface area contributed by atoms with Gasteiger partial charge in [-0.05, 0) is 39.8 Å². The molecule has 0 aromatic heterocycles. The van der Waals surface area contributed by atoms with Gasteiger partial charge in [0.2, 0.25) is 0 Å². The number of rotatable bonds is 6. The fraction of sp³-hybridized carbons (Fsp3) is 0.533. The van der Waals surface area contributed by atoms with Crippen LogP contribution in [0.1, 0.15) is 27.7 Å². The van der Waals surface area contributed by atoms with Crippen molar-refractivity contribution in [3.8, 4) is 5.75 Å². The smallest absolute Gasteiger partial charge is 0.191 e. The van der Waals surface area contributed by atoms with Crippen LogP contribution in [0, 0.1) is 0 Å². The molecule has 4 nitrogen and oxygen atoms in total. The molecule has 1 unspecified atom stereocenters. The van der Waals surface area contributed by atoms with Crippen molar-refractivity contribution < 1.29 is 4.74 Å². The highest BCUT2D eigenvalue weighted by molar-refractivity contribution is 14.0. The van der Waals surface area contributed by atoms with Gasteiger partial charge in [0, 0.05) is 12.6 Å². The first kappa shape index (κ1) is 19.0. The summed E-state index contributed by atoms with van der Waals surface area (Å²) >= 11 is 0. The molecule has 0 radical (unpaired) electrons. The van der Waals surface area contributed by atoms with E-state index in [0.717, 1.165) is 18.3 Å². The van der Waals surface area contributed by atoms with E-state index in [1.54, 1.807) is 0 Å². The summed E-state index contributed by atoms with van der Waals surface area (Å²) in [7, 11) is 0. The molecule has 1 atom stereocenters. The van der Waals surface area contributed by atoms with E-state index in [1.165, 1.54) is 0 Å². The number of halogens is 1. The largest absolute Gasteiger partial charge is 0.489 e. The Hall–Kier alpha value is -0.980. The van der Waals surface area contributed by atoms with E-state index in [0.29, 0.717) is 12.6 Å². The Labute approximate surface area is 139 Å². The standard InChI is InChI=1S/C15H25N3O.HI/c1-5-16-15(18-12(2)3)17-11-13(4)19-14-9-7-6-8-10-14;/h6-10,12-13H,5,11H2,1-4H3,(H2,16,17,18);1H. The highest BCUT2D eigenvalue weighted by Crippen LogP contribution is 2.10. The number of para-hydroxylation sites is 1. The minimum absolute atomic E-state index is 0. The van der Waals surface area contributed by atoms with E-state index in [2.05, 4.69) is 36.4 Å². The van der Waals surface area contributed by atoms with Crippen LogP contribution in [0.15, 0.2) is 35.3 Å². The minimum Gasteiger partial charge on any atom is -0.489 e. The Morgan fingerprint density at radius 3 is 2.40 bits per heavy atom. The first-order chi connectivity index (χ1) is 9.11. The topological polar surface area (TPSA) is 45.7 Å². The molecule has 1 aromatic rings. The first-order valence-corrected chi connectivity index (χ1v) is 6.88. The summed E-state index contributed by atoms with van der Waals surface area (Å²) in [5.41, 5.74) is 0. The average Bonchev–Trinajstić information content (AvgIpc) is 2.37. The summed E-state index contributed by atoms with van der Waals surface area (Å²) < 4.78 is 5.79.